The Bertz CT molecular complexity index is 1130. The third-order valence-electron chi connectivity index (χ3n) is 16.3. The maximum absolute atomic E-state index is 12.5. The molecule has 2 unspecified atom stereocenters. The number of ether oxygens (including phenoxy) is 1. The first-order chi connectivity index (χ1) is 37.0. The summed E-state index contributed by atoms with van der Waals surface area (Å²) in [5, 5.41) is 23.3. The molecule has 446 valence electrons. The van der Waals surface area contributed by atoms with Crippen LogP contribution in [0.25, 0.3) is 0 Å². The fraction of sp³-hybridized carbons (Fsp3) is 0.942. The SMILES string of the molecule is CCCCCCCCCCCCCCCCCC(=O)OCCCCCCCCCCCCCC/C=C\CCCCCCCCCCCCCCCCC(=O)NC(CO)C(O)CCCCCCCCCCCCCCC. The zero-order valence-corrected chi connectivity index (χ0v) is 51.1. The second kappa shape index (κ2) is 65.1. The van der Waals surface area contributed by atoms with Crippen molar-refractivity contribution in [1.29, 1.82) is 0 Å². The molecule has 0 saturated carbocycles. The fourth-order valence-corrected chi connectivity index (χ4v) is 11.1. The van der Waals surface area contributed by atoms with Crippen molar-refractivity contribution in [3.05, 3.63) is 12.2 Å². The third kappa shape index (κ3) is 61.7. The minimum atomic E-state index is -0.662. The van der Waals surface area contributed by atoms with Crippen molar-refractivity contribution < 1.29 is 24.5 Å². The van der Waals surface area contributed by atoms with Crippen molar-refractivity contribution in [1.82, 2.24) is 5.32 Å². The molecular weight excluding hydrogens is 923 g/mol. The van der Waals surface area contributed by atoms with Crippen LogP contribution in [0.1, 0.15) is 393 Å². The lowest BCUT2D eigenvalue weighted by atomic mass is 10.0. The predicted molar refractivity (Wildman–Crippen MR) is 329 cm³/mol. The van der Waals surface area contributed by atoms with Gasteiger partial charge in [-0.1, -0.05) is 341 Å². The summed E-state index contributed by atoms with van der Waals surface area (Å²) in [6.07, 6.45) is 79.7. The summed E-state index contributed by atoms with van der Waals surface area (Å²) in [6, 6.07) is -0.539. The highest BCUT2D eigenvalue weighted by Crippen LogP contribution is 2.19. The molecule has 0 fully saturated rings. The van der Waals surface area contributed by atoms with Gasteiger partial charge in [-0.05, 0) is 51.4 Å². The van der Waals surface area contributed by atoms with Crippen LogP contribution in [-0.4, -0.2) is 47.4 Å². The maximum atomic E-state index is 12.5. The van der Waals surface area contributed by atoms with Gasteiger partial charge in [0.2, 0.25) is 5.91 Å². The van der Waals surface area contributed by atoms with Gasteiger partial charge in [-0.2, -0.15) is 0 Å². The fourth-order valence-electron chi connectivity index (χ4n) is 11.1. The van der Waals surface area contributed by atoms with Gasteiger partial charge >= 0.3 is 5.97 Å². The van der Waals surface area contributed by atoms with Crippen molar-refractivity contribution in [3.63, 3.8) is 0 Å². The molecule has 0 aliphatic rings. The second-order valence-electron chi connectivity index (χ2n) is 23.9. The van der Waals surface area contributed by atoms with Crippen molar-refractivity contribution in [2.75, 3.05) is 13.2 Å². The Balaban J connectivity index is 3.34. The zero-order chi connectivity index (χ0) is 54.3. The molecule has 6 nitrogen and oxygen atoms in total. The molecular formula is C69H135NO5. The van der Waals surface area contributed by atoms with E-state index in [1.807, 2.05) is 0 Å². The first-order valence-electron chi connectivity index (χ1n) is 34.4. The van der Waals surface area contributed by atoms with E-state index in [9.17, 15) is 19.8 Å². The Morgan fingerprint density at radius 2 is 0.627 bits per heavy atom. The molecule has 75 heavy (non-hydrogen) atoms. The summed E-state index contributed by atoms with van der Waals surface area (Å²) >= 11 is 0. The average Bonchev–Trinajstić information content (AvgIpc) is 3.41. The zero-order valence-electron chi connectivity index (χ0n) is 51.1. The monoisotopic (exact) mass is 1060 g/mol. The standard InChI is InChI=1S/C69H135NO5/c1-3-5-7-9-11-13-15-17-34-39-43-47-51-55-59-63-69(74)75-64-60-56-52-48-44-40-36-33-31-29-27-25-23-21-19-18-20-22-24-26-28-30-32-35-38-42-46-50-54-58-62-68(73)70-66(65-71)67(72)61-57-53-49-45-41-37-16-14-12-10-8-6-4-2/h19,21,66-67,71-72H,3-18,20,22-65H2,1-2H3,(H,70,73)/b21-19-. The van der Waals surface area contributed by atoms with Gasteiger partial charge in [0.05, 0.1) is 25.4 Å². The maximum Gasteiger partial charge on any atom is 0.305 e. The topological polar surface area (TPSA) is 95.9 Å². The van der Waals surface area contributed by atoms with Crippen LogP contribution in [0.3, 0.4) is 0 Å². The summed E-state index contributed by atoms with van der Waals surface area (Å²) in [5.74, 6) is -0.0104. The van der Waals surface area contributed by atoms with Crippen molar-refractivity contribution in [3.8, 4) is 0 Å². The number of allylic oxidation sites excluding steroid dienone is 2. The molecule has 0 spiro atoms. The first-order valence-corrected chi connectivity index (χ1v) is 34.4. The van der Waals surface area contributed by atoms with Crippen molar-refractivity contribution in [2.45, 2.75) is 405 Å². The summed E-state index contributed by atoms with van der Waals surface area (Å²) in [5.41, 5.74) is 0. The van der Waals surface area contributed by atoms with Crippen molar-refractivity contribution >= 4 is 11.9 Å². The van der Waals surface area contributed by atoms with Crippen LogP contribution < -0.4 is 5.32 Å². The third-order valence-corrected chi connectivity index (χ3v) is 16.3. The van der Waals surface area contributed by atoms with Crippen LogP contribution in [0, 0.1) is 0 Å². The summed E-state index contributed by atoms with van der Waals surface area (Å²) in [7, 11) is 0. The van der Waals surface area contributed by atoms with E-state index in [1.54, 1.807) is 0 Å². The minimum absolute atomic E-state index is 0.0208. The molecule has 0 radical (unpaired) electrons. The Kier molecular flexibility index (Phi) is 63.9. The van der Waals surface area contributed by atoms with Gasteiger partial charge in [0.25, 0.3) is 0 Å². The van der Waals surface area contributed by atoms with Crippen LogP contribution in [0.2, 0.25) is 0 Å². The molecule has 2 atom stereocenters. The average molecular weight is 1060 g/mol. The number of rotatable bonds is 65. The lowest BCUT2D eigenvalue weighted by Gasteiger charge is -2.22. The number of aliphatic hydroxyl groups excluding tert-OH is 2. The van der Waals surface area contributed by atoms with E-state index in [4.69, 9.17) is 4.74 Å². The van der Waals surface area contributed by atoms with Gasteiger partial charge in [-0.3, -0.25) is 9.59 Å². The number of aliphatic hydroxyl groups is 2. The second-order valence-corrected chi connectivity index (χ2v) is 23.9. The number of nitrogens with one attached hydrogen (secondary N) is 1. The molecule has 0 aromatic rings. The molecule has 0 aliphatic heterocycles. The Morgan fingerprint density at radius 3 is 0.947 bits per heavy atom. The number of esters is 1. The molecule has 0 heterocycles. The summed E-state index contributed by atoms with van der Waals surface area (Å²) in [4.78, 5) is 24.6. The van der Waals surface area contributed by atoms with Gasteiger partial charge in [-0.15, -0.1) is 0 Å². The van der Waals surface area contributed by atoms with Gasteiger partial charge in [0.1, 0.15) is 0 Å². The Morgan fingerprint density at radius 1 is 0.360 bits per heavy atom. The Hall–Kier alpha value is -1.40. The van der Waals surface area contributed by atoms with Gasteiger partial charge < -0.3 is 20.3 Å². The molecule has 0 bridgehead atoms. The lowest BCUT2D eigenvalue weighted by Crippen LogP contribution is -2.45. The predicted octanol–water partition coefficient (Wildman–Crippen LogP) is 22.0. The number of carbonyl (C=O) groups is 2. The molecule has 0 saturated heterocycles. The van der Waals surface area contributed by atoms with E-state index in [2.05, 4.69) is 31.3 Å². The first kappa shape index (κ1) is 73.6. The highest BCUT2D eigenvalue weighted by Gasteiger charge is 2.20. The molecule has 0 rings (SSSR count). The van der Waals surface area contributed by atoms with Crippen LogP contribution in [0.4, 0.5) is 0 Å². The molecule has 0 aromatic heterocycles. The van der Waals surface area contributed by atoms with E-state index < -0.39 is 12.1 Å². The largest absolute Gasteiger partial charge is 0.466 e. The van der Waals surface area contributed by atoms with E-state index in [-0.39, 0.29) is 18.5 Å². The molecule has 0 aromatic carbocycles. The number of carbonyl (C=O) groups excluding carboxylic acids is 2. The smallest absolute Gasteiger partial charge is 0.305 e. The highest BCUT2D eigenvalue weighted by molar-refractivity contribution is 5.76. The van der Waals surface area contributed by atoms with Crippen molar-refractivity contribution in [2.24, 2.45) is 0 Å². The normalized spacial score (nSPS) is 12.5. The van der Waals surface area contributed by atoms with E-state index in [0.717, 1.165) is 38.5 Å². The van der Waals surface area contributed by atoms with Crippen LogP contribution in [-0.2, 0) is 14.3 Å². The molecule has 6 heteroatoms. The minimum Gasteiger partial charge on any atom is -0.466 e. The quantitative estimate of drug-likeness (QED) is 0.0320. The number of hydrogen-bond acceptors (Lipinski definition) is 5. The number of unbranched alkanes of at least 4 members (excludes halogenated alkanes) is 52. The molecule has 3 N–H and O–H groups in total. The lowest BCUT2D eigenvalue weighted by molar-refractivity contribution is -0.143. The summed E-state index contributed by atoms with van der Waals surface area (Å²) < 4.78 is 5.50. The van der Waals surface area contributed by atoms with Gasteiger partial charge in [0, 0.05) is 12.8 Å². The van der Waals surface area contributed by atoms with Gasteiger partial charge in [-0.25, -0.2) is 0 Å². The van der Waals surface area contributed by atoms with E-state index in [1.165, 1.54) is 321 Å². The van der Waals surface area contributed by atoms with Crippen LogP contribution in [0.5, 0.6) is 0 Å². The van der Waals surface area contributed by atoms with E-state index in [0.29, 0.717) is 25.9 Å². The molecule has 0 aliphatic carbocycles. The summed E-state index contributed by atoms with van der Waals surface area (Å²) in [6.45, 7) is 4.99. The highest BCUT2D eigenvalue weighted by atomic mass is 16.5. The number of hydrogen-bond donors (Lipinski definition) is 3. The van der Waals surface area contributed by atoms with Crippen LogP contribution in [0.15, 0.2) is 12.2 Å². The number of amides is 1. The Labute approximate surface area is 469 Å². The van der Waals surface area contributed by atoms with Crippen LogP contribution >= 0.6 is 0 Å². The van der Waals surface area contributed by atoms with E-state index >= 15 is 0 Å². The molecule has 1 amide bonds. The van der Waals surface area contributed by atoms with Gasteiger partial charge in [0.15, 0.2) is 0 Å².